The van der Waals surface area contributed by atoms with Crippen LogP contribution in [0.15, 0.2) is 29.2 Å². The van der Waals surface area contributed by atoms with E-state index in [1.54, 1.807) is 12.1 Å². The summed E-state index contributed by atoms with van der Waals surface area (Å²) in [6, 6.07) is 5.52. The van der Waals surface area contributed by atoms with Crippen LogP contribution in [-0.2, 0) is 21.8 Å². The molecule has 1 saturated heterocycles. The summed E-state index contributed by atoms with van der Waals surface area (Å²) in [7, 11) is 0.0646. The number of halogens is 3. The molecule has 0 aliphatic carbocycles. The Kier molecular flexibility index (Phi) is 3.44. The van der Waals surface area contributed by atoms with Gasteiger partial charge in [0.1, 0.15) is 11.5 Å². The summed E-state index contributed by atoms with van der Waals surface area (Å²) in [6.07, 6.45) is -4.24. The van der Waals surface area contributed by atoms with Crippen molar-refractivity contribution in [3.05, 3.63) is 29.8 Å². The van der Waals surface area contributed by atoms with Crippen molar-refractivity contribution in [1.29, 1.82) is 0 Å². The van der Waals surface area contributed by atoms with E-state index < -0.39 is 11.7 Å². The van der Waals surface area contributed by atoms with Crippen molar-refractivity contribution in [2.24, 2.45) is 0 Å². The highest BCUT2D eigenvalue weighted by molar-refractivity contribution is 7.97. The summed E-state index contributed by atoms with van der Waals surface area (Å²) in [5.74, 6) is 1.84. The number of hydrogen-bond acceptors (Lipinski definition) is 1. The molecule has 1 heterocycles. The molecule has 0 unspecified atom stereocenters. The van der Waals surface area contributed by atoms with Crippen LogP contribution in [0.5, 0.6) is 0 Å². The highest BCUT2D eigenvalue weighted by atomic mass is 32.2. The van der Waals surface area contributed by atoms with Crippen LogP contribution >= 0.6 is 0 Å². The average molecular weight is 249 g/mol. The van der Waals surface area contributed by atoms with E-state index >= 15 is 0 Å². The van der Waals surface area contributed by atoms with Gasteiger partial charge in [0.25, 0.3) is 0 Å². The van der Waals surface area contributed by atoms with Crippen molar-refractivity contribution in [3.63, 3.8) is 0 Å². The van der Waals surface area contributed by atoms with Crippen molar-refractivity contribution < 1.29 is 17.9 Å². The lowest BCUT2D eigenvalue weighted by atomic mass is 10.2. The molecule has 16 heavy (non-hydrogen) atoms. The number of ether oxygens (including phenoxy) is 1. The van der Waals surface area contributed by atoms with E-state index in [0.717, 1.165) is 28.5 Å². The third-order valence-electron chi connectivity index (χ3n) is 2.46. The van der Waals surface area contributed by atoms with E-state index in [0.29, 0.717) is 13.2 Å². The number of benzene rings is 1. The number of alkyl halides is 3. The number of hydrogen-bond donors (Lipinski definition) is 0. The summed E-state index contributed by atoms with van der Waals surface area (Å²) < 4.78 is 42.3. The lowest BCUT2D eigenvalue weighted by molar-refractivity contribution is -0.137. The molecule has 5 heteroatoms. The Balaban J connectivity index is 2.12. The monoisotopic (exact) mass is 249 g/mol. The van der Waals surface area contributed by atoms with E-state index in [1.165, 1.54) is 0 Å². The minimum Gasteiger partial charge on any atom is -0.372 e. The molecule has 2 rings (SSSR count). The van der Waals surface area contributed by atoms with Crippen LogP contribution in [0.3, 0.4) is 0 Å². The molecule has 0 N–H and O–H groups in total. The molecule has 1 aliphatic rings. The van der Waals surface area contributed by atoms with E-state index in [4.69, 9.17) is 4.74 Å². The van der Waals surface area contributed by atoms with Crippen molar-refractivity contribution in [1.82, 2.24) is 0 Å². The topological polar surface area (TPSA) is 9.23 Å². The Hall–Kier alpha value is -0.680. The van der Waals surface area contributed by atoms with Crippen LogP contribution < -0.4 is 0 Å². The van der Waals surface area contributed by atoms with Crippen LogP contribution in [0, 0.1) is 0 Å². The fraction of sp³-hybridized carbons (Fsp3) is 0.455. The third kappa shape index (κ3) is 2.71. The largest absolute Gasteiger partial charge is 0.416 e. The van der Waals surface area contributed by atoms with Gasteiger partial charge in [0, 0.05) is 10.9 Å². The summed E-state index contributed by atoms with van der Waals surface area (Å²) in [6.45, 7) is 1.42. The molecule has 0 atom stereocenters. The smallest absolute Gasteiger partial charge is 0.372 e. The fourth-order valence-corrected chi connectivity index (χ4v) is 3.43. The summed E-state index contributed by atoms with van der Waals surface area (Å²) in [4.78, 5) is 1.01. The highest BCUT2D eigenvalue weighted by Gasteiger charge is 2.31. The predicted octanol–water partition coefficient (Wildman–Crippen LogP) is 2.71. The molecule has 1 fully saturated rings. The summed E-state index contributed by atoms with van der Waals surface area (Å²) in [5, 5.41) is 0. The van der Waals surface area contributed by atoms with Crippen LogP contribution in [0.1, 0.15) is 5.56 Å². The van der Waals surface area contributed by atoms with Gasteiger partial charge in [-0.2, -0.15) is 13.2 Å². The van der Waals surface area contributed by atoms with E-state index in [9.17, 15) is 13.2 Å². The lowest BCUT2D eigenvalue weighted by Gasteiger charge is -2.14. The van der Waals surface area contributed by atoms with Crippen LogP contribution in [-0.4, -0.2) is 24.7 Å². The summed E-state index contributed by atoms with van der Waals surface area (Å²) >= 11 is 0. The Morgan fingerprint density at radius 1 is 1.00 bits per heavy atom. The molecule has 0 amide bonds. The molecular weight excluding hydrogens is 237 g/mol. The first-order valence-corrected chi connectivity index (χ1v) is 6.56. The van der Waals surface area contributed by atoms with Gasteiger partial charge >= 0.3 is 6.18 Å². The molecule has 1 aromatic carbocycles. The van der Waals surface area contributed by atoms with Gasteiger partial charge in [-0.25, -0.2) is 0 Å². The van der Waals surface area contributed by atoms with Crippen molar-refractivity contribution in [2.75, 3.05) is 24.7 Å². The van der Waals surface area contributed by atoms with Gasteiger partial charge in [-0.05, 0) is 24.3 Å². The zero-order chi connectivity index (χ0) is 11.6. The van der Waals surface area contributed by atoms with Gasteiger partial charge in [0.05, 0.1) is 18.8 Å². The third-order valence-corrected chi connectivity index (χ3v) is 4.72. The zero-order valence-electron chi connectivity index (χ0n) is 8.59. The average Bonchev–Trinajstić information content (AvgIpc) is 2.29. The molecule has 0 radical (unpaired) electrons. The Labute approximate surface area is 95.0 Å². The van der Waals surface area contributed by atoms with E-state index in [2.05, 4.69) is 0 Å². The molecule has 0 spiro atoms. The van der Waals surface area contributed by atoms with Crippen molar-refractivity contribution in [3.8, 4) is 0 Å². The zero-order valence-corrected chi connectivity index (χ0v) is 9.40. The molecule has 1 aliphatic heterocycles. The standard InChI is InChI=1S/C11H12F3OS/c12-11(13,14)9-1-3-10(4-2-9)16-7-5-15-6-8-16/h1-4H,5-8H2/q+1. The van der Waals surface area contributed by atoms with Crippen LogP contribution in [0.25, 0.3) is 0 Å². The van der Waals surface area contributed by atoms with Gasteiger partial charge in [0.2, 0.25) is 0 Å². The minimum absolute atomic E-state index is 0.0646. The maximum absolute atomic E-state index is 12.3. The molecule has 1 nitrogen and oxygen atoms in total. The van der Waals surface area contributed by atoms with Gasteiger partial charge in [-0.3, -0.25) is 0 Å². The first kappa shape index (κ1) is 11.8. The molecule has 0 aromatic heterocycles. The summed E-state index contributed by atoms with van der Waals surface area (Å²) in [5.41, 5.74) is -0.576. The molecule has 88 valence electrons. The van der Waals surface area contributed by atoms with Crippen molar-refractivity contribution >= 4 is 10.9 Å². The SMILES string of the molecule is FC(F)(F)c1ccc([S+]2CCOCC2)cc1. The maximum atomic E-state index is 12.3. The first-order chi connectivity index (χ1) is 7.57. The Bertz CT molecular complexity index is 341. The van der Waals surface area contributed by atoms with E-state index in [1.807, 2.05) is 0 Å². The Morgan fingerprint density at radius 3 is 2.06 bits per heavy atom. The molecular formula is C11H12F3OS+. The Morgan fingerprint density at radius 2 is 1.56 bits per heavy atom. The van der Waals surface area contributed by atoms with E-state index in [-0.39, 0.29) is 10.9 Å². The van der Waals surface area contributed by atoms with Crippen LogP contribution in [0.2, 0.25) is 0 Å². The molecule has 0 saturated carbocycles. The second-order valence-corrected chi connectivity index (χ2v) is 5.81. The first-order valence-electron chi connectivity index (χ1n) is 5.00. The van der Waals surface area contributed by atoms with Gasteiger partial charge in [0.15, 0.2) is 4.90 Å². The highest BCUT2D eigenvalue weighted by Crippen LogP contribution is 2.30. The second-order valence-electron chi connectivity index (χ2n) is 3.54. The lowest BCUT2D eigenvalue weighted by Crippen LogP contribution is -2.26. The van der Waals surface area contributed by atoms with Gasteiger partial charge < -0.3 is 4.74 Å². The molecule has 1 aromatic rings. The maximum Gasteiger partial charge on any atom is 0.416 e. The number of rotatable bonds is 1. The minimum atomic E-state index is -4.24. The fourth-order valence-electron chi connectivity index (χ4n) is 1.60. The second kappa shape index (κ2) is 4.67. The molecule has 0 bridgehead atoms. The van der Waals surface area contributed by atoms with Crippen molar-refractivity contribution in [2.45, 2.75) is 11.1 Å². The normalized spacial score (nSPS) is 18.7. The van der Waals surface area contributed by atoms with Crippen LogP contribution in [0.4, 0.5) is 13.2 Å². The quantitative estimate of drug-likeness (QED) is 0.695. The van der Waals surface area contributed by atoms with Gasteiger partial charge in [-0.15, -0.1) is 0 Å². The van der Waals surface area contributed by atoms with Gasteiger partial charge in [-0.1, -0.05) is 0 Å². The predicted molar refractivity (Wildman–Crippen MR) is 57.6 cm³/mol.